The molecule has 13 heavy (non-hydrogen) atoms. The van der Waals surface area contributed by atoms with Gasteiger partial charge in [0.25, 0.3) is 0 Å². The van der Waals surface area contributed by atoms with Crippen LogP contribution in [0.5, 0.6) is 0 Å². The van der Waals surface area contributed by atoms with Gasteiger partial charge in [-0.2, -0.15) is 0 Å². The molecule has 0 aliphatic carbocycles. The Labute approximate surface area is 93.9 Å². The number of nitrogens with zero attached hydrogens (tertiary/aromatic N) is 1. The summed E-state index contributed by atoms with van der Waals surface area (Å²) in [7, 11) is 0. The van der Waals surface area contributed by atoms with E-state index in [0.29, 0.717) is 0 Å². The average molecular weight is 235 g/mol. The molecule has 0 radical (unpaired) electrons. The molecule has 0 aromatic rings. The first-order chi connectivity index (χ1) is 6.43. The maximum atomic E-state index is 4.45. The van der Waals surface area contributed by atoms with Crippen molar-refractivity contribution in [3.8, 4) is 0 Å². The van der Waals surface area contributed by atoms with Crippen LogP contribution in [0.1, 0.15) is 32.6 Å². The molecule has 0 spiro atoms. The van der Waals surface area contributed by atoms with Crippen LogP contribution in [-0.4, -0.2) is 21.1 Å². The van der Waals surface area contributed by atoms with Gasteiger partial charge in [-0.25, -0.2) is 0 Å². The number of rotatable bonds is 7. The SMILES string of the molecule is CCCCCCSCN=C1SCS1. The van der Waals surface area contributed by atoms with Crippen LogP contribution < -0.4 is 0 Å². The molecule has 1 fully saturated rings. The van der Waals surface area contributed by atoms with Gasteiger partial charge in [0.05, 0.1) is 11.0 Å². The zero-order valence-corrected chi connectivity index (χ0v) is 10.6. The van der Waals surface area contributed by atoms with E-state index in [9.17, 15) is 0 Å². The lowest BCUT2D eigenvalue weighted by molar-refractivity contribution is 0.706. The van der Waals surface area contributed by atoms with E-state index in [-0.39, 0.29) is 0 Å². The largest absolute Gasteiger partial charge is 0.261 e. The first-order valence-corrected chi connectivity index (χ1v) is 7.94. The highest BCUT2D eigenvalue weighted by atomic mass is 32.3. The fourth-order valence-electron chi connectivity index (χ4n) is 0.997. The van der Waals surface area contributed by atoms with Gasteiger partial charge in [-0.05, 0) is 12.2 Å². The van der Waals surface area contributed by atoms with Gasteiger partial charge in [0, 0.05) is 0 Å². The molecule has 1 rings (SSSR count). The van der Waals surface area contributed by atoms with Gasteiger partial charge in [0.15, 0.2) is 0 Å². The quantitative estimate of drug-likeness (QED) is 0.618. The minimum Gasteiger partial charge on any atom is -0.261 e. The molecule has 0 N–H and O–H groups in total. The summed E-state index contributed by atoms with van der Waals surface area (Å²) in [5.74, 6) is 2.26. The molecule has 4 heteroatoms. The van der Waals surface area contributed by atoms with E-state index >= 15 is 0 Å². The lowest BCUT2D eigenvalue weighted by Crippen LogP contribution is -1.98. The predicted molar refractivity (Wildman–Crippen MR) is 69.0 cm³/mol. The Morgan fingerprint density at radius 2 is 2.15 bits per heavy atom. The van der Waals surface area contributed by atoms with E-state index in [1.165, 1.54) is 40.9 Å². The summed E-state index contributed by atoms with van der Waals surface area (Å²) in [6, 6.07) is 0. The van der Waals surface area contributed by atoms with Gasteiger partial charge in [-0.1, -0.05) is 49.7 Å². The van der Waals surface area contributed by atoms with Crippen molar-refractivity contribution in [1.82, 2.24) is 0 Å². The normalized spacial score (nSPS) is 15.6. The molecule has 1 aliphatic heterocycles. The molecular formula is C9H17NS3. The van der Waals surface area contributed by atoms with E-state index < -0.39 is 0 Å². The Bertz CT molecular complexity index is 153. The first-order valence-electron chi connectivity index (χ1n) is 4.81. The lowest BCUT2D eigenvalue weighted by atomic mass is 10.2. The van der Waals surface area contributed by atoms with E-state index in [4.69, 9.17) is 0 Å². The van der Waals surface area contributed by atoms with Gasteiger partial charge in [0.1, 0.15) is 4.38 Å². The highest BCUT2D eigenvalue weighted by Gasteiger charge is 2.10. The Morgan fingerprint density at radius 3 is 2.77 bits per heavy atom. The molecule has 0 unspecified atom stereocenters. The molecule has 0 saturated carbocycles. The van der Waals surface area contributed by atoms with Crippen molar-refractivity contribution >= 4 is 39.7 Å². The average Bonchev–Trinajstić information content (AvgIpc) is 2.07. The second-order valence-electron chi connectivity index (χ2n) is 2.93. The van der Waals surface area contributed by atoms with Gasteiger partial charge in [0.2, 0.25) is 0 Å². The molecule has 1 heterocycles. The smallest absolute Gasteiger partial charge is 0.127 e. The van der Waals surface area contributed by atoms with Crippen LogP contribution >= 0.6 is 35.3 Å². The van der Waals surface area contributed by atoms with E-state index in [1.54, 1.807) is 0 Å². The van der Waals surface area contributed by atoms with Crippen LogP contribution in [-0.2, 0) is 0 Å². The number of aliphatic imine (C=N–C) groups is 1. The van der Waals surface area contributed by atoms with E-state index in [0.717, 1.165) is 5.88 Å². The number of unbranched alkanes of at least 4 members (excludes halogenated alkanes) is 3. The van der Waals surface area contributed by atoms with E-state index in [1.807, 2.05) is 35.3 Å². The number of hydrogen-bond donors (Lipinski definition) is 0. The molecule has 1 saturated heterocycles. The fourth-order valence-corrected chi connectivity index (χ4v) is 3.12. The molecule has 0 atom stereocenters. The minimum absolute atomic E-state index is 0.974. The summed E-state index contributed by atoms with van der Waals surface area (Å²) >= 11 is 5.72. The summed E-state index contributed by atoms with van der Waals surface area (Å²) in [6.45, 7) is 2.25. The summed E-state index contributed by atoms with van der Waals surface area (Å²) in [5, 5.41) is 1.21. The van der Waals surface area contributed by atoms with Crippen molar-refractivity contribution in [2.24, 2.45) is 4.99 Å². The molecular weight excluding hydrogens is 218 g/mol. The first kappa shape index (κ1) is 11.8. The maximum absolute atomic E-state index is 4.45. The van der Waals surface area contributed by atoms with Gasteiger partial charge in [-0.15, -0.1) is 11.8 Å². The molecule has 0 aromatic carbocycles. The topological polar surface area (TPSA) is 12.4 Å². The molecule has 1 aliphatic rings. The Balaban J connectivity index is 1.78. The third kappa shape index (κ3) is 5.92. The van der Waals surface area contributed by atoms with Crippen molar-refractivity contribution in [2.75, 3.05) is 16.7 Å². The minimum atomic E-state index is 0.974. The fraction of sp³-hybridized carbons (Fsp3) is 0.889. The van der Waals surface area contributed by atoms with E-state index in [2.05, 4.69) is 11.9 Å². The zero-order valence-electron chi connectivity index (χ0n) is 8.12. The second-order valence-corrected chi connectivity index (χ2v) is 6.56. The molecule has 0 amide bonds. The third-order valence-electron chi connectivity index (χ3n) is 1.79. The van der Waals surface area contributed by atoms with Crippen LogP contribution in [0.15, 0.2) is 4.99 Å². The molecule has 0 aromatic heterocycles. The molecule has 76 valence electrons. The van der Waals surface area contributed by atoms with Crippen LogP contribution in [0.3, 0.4) is 0 Å². The van der Waals surface area contributed by atoms with Crippen molar-refractivity contribution in [3.05, 3.63) is 0 Å². The Kier molecular flexibility index (Phi) is 7.31. The van der Waals surface area contributed by atoms with Crippen molar-refractivity contribution in [3.63, 3.8) is 0 Å². The van der Waals surface area contributed by atoms with Crippen LogP contribution in [0.25, 0.3) is 0 Å². The van der Waals surface area contributed by atoms with Crippen molar-refractivity contribution in [2.45, 2.75) is 32.6 Å². The Morgan fingerprint density at radius 1 is 1.31 bits per heavy atom. The summed E-state index contributed by atoms with van der Waals surface area (Å²) in [5.41, 5.74) is 0. The standard InChI is InChI=1S/C9H17NS3/c1-2-3-4-5-6-11-7-10-9-12-8-13-9/h2-8H2,1H3. The summed E-state index contributed by atoms with van der Waals surface area (Å²) in [4.78, 5) is 4.45. The van der Waals surface area contributed by atoms with Crippen molar-refractivity contribution in [1.29, 1.82) is 0 Å². The number of thioether (sulfide) groups is 3. The maximum Gasteiger partial charge on any atom is 0.127 e. The Hall–Kier alpha value is 0.720. The third-order valence-corrected chi connectivity index (χ3v) is 5.08. The predicted octanol–water partition coefficient (Wildman–Crippen LogP) is 4.05. The molecule has 0 bridgehead atoms. The van der Waals surface area contributed by atoms with Crippen LogP contribution in [0, 0.1) is 0 Å². The van der Waals surface area contributed by atoms with Gasteiger partial charge in [-0.3, -0.25) is 4.99 Å². The summed E-state index contributed by atoms with van der Waals surface area (Å²) in [6.07, 6.45) is 5.48. The second kappa shape index (κ2) is 8.06. The van der Waals surface area contributed by atoms with Crippen LogP contribution in [0.4, 0.5) is 0 Å². The van der Waals surface area contributed by atoms with Crippen LogP contribution in [0.2, 0.25) is 0 Å². The monoisotopic (exact) mass is 235 g/mol. The highest BCUT2D eigenvalue weighted by Crippen LogP contribution is 2.32. The summed E-state index contributed by atoms with van der Waals surface area (Å²) < 4.78 is 1.29. The van der Waals surface area contributed by atoms with Gasteiger partial charge >= 0.3 is 0 Å². The zero-order chi connectivity index (χ0) is 9.36. The lowest BCUT2D eigenvalue weighted by Gasteiger charge is -2.12. The number of hydrogen-bond acceptors (Lipinski definition) is 4. The molecule has 1 nitrogen and oxygen atoms in total. The highest BCUT2D eigenvalue weighted by molar-refractivity contribution is 8.52. The van der Waals surface area contributed by atoms with Gasteiger partial charge < -0.3 is 0 Å². The van der Waals surface area contributed by atoms with Crippen molar-refractivity contribution < 1.29 is 0 Å².